The maximum atomic E-state index is 12.9. The fraction of sp³-hybridized carbons (Fsp3) is 0.267. The topological polar surface area (TPSA) is 96.1 Å². The molecule has 130 valence electrons. The second-order valence-corrected chi connectivity index (χ2v) is 7.99. The molecule has 0 aliphatic carbocycles. The number of anilines is 1. The van der Waals surface area contributed by atoms with Crippen molar-refractivity contribution in [2.75, 3.05) is 17.2 Å². The molecule has 0 saturated carbocycles. The average molecular weight is 427 g/mol. The van der Waals surface area contributed by atoms with E-state index >= 15 is 0 Å². The van der Waals surface area contributed by atoms with Crippen LogP contribution >= 0.6 is 15.9 Å². The summed E-state index contributed by atoms with van der Waals surface area (Å²) in [4.78, 5) is 13.6. The van der Waals surface area contributed by atoms with Crippen molar-refractivity contribution in [1.82, 2.24) is 9.78 Å². The lowest BCUT2D eigenvalue weighted by atomic mass is 10.1. The second-order valence-electron chi connectivity index (χ2n) is 5.66. The summed E-state index contributed by atoms with van der Waals surface area (Å²) in [7, 11) is -4.68. The number of halogens is 2. The van der Waals surface area contributed by atoms with Crippen molar-refractivity contribution in [3.63, 3.8) is 0 Å². The number of carbonyl (C=O) groups is 1. The molecule has 2 heterocycles. The van der Waals surface area contributed by atoms with Gasteiger partial charge in [-0.1, -0.05) is 15.9 Å². The van der Waals surface area contributed by atoms with Crippen molar-refractivity contribution in [2.24, 2.45) is 5.92 Å². The molecule has 1 fully saturated rings. The van der Waals surface area contributed by atoms with Crippen LogP contribution in [0.25, 0.3) is 5.69 Å². The Morgan fingerprint density at radius 1 is 1.36 bits per heavy atom. The zero-order chi connectivity index (χ0) is 18.2. The first kappa shape index (κ1) is 17.6. The van der Waals surface area contributed by atoms with E-state index in [1.807, 2.05) is 6.07 Å². The highest BCUT2D eigenvalue weighted by atomic mass is 79.9. The number of hydrogen-bond donors (Lipinski definition) is 0. The Morgan fingerprint density at radius 2 is 2.04 bits per heavy atom. The normalized spacial score (nSPS) is 17.7. The fourth-order valence-electron chi connectivity index (χ4n) is 2.83. The Bertz CT molecular complexity index is 966. The third-order valence-electron chi connectivity index (χ3n) is 3.83. The van der Waals surface area contributed by atoms with Gasteiger partial charge in [-0.25, -0.2) is 4.68 Å². The predicted molar refractivity (Wildman–Crippen MR) is 91.3 cm³/mol. The van der Waals surface area contributed by atoms with Gasteiger partial charge in [0.1, 0.15) is 11.6 Å². The van der Waals surface area contributed by atoms with E-state index in [0.29, 0.717) is 5.69 Å². The minimum Gasteiger partial charge on any atom is -0.295 e. The summed E-state index contributed by atoms with van der Waals surface area (Å²) in [6, 6.07) is 9.07. The Kier molecular flexibility index (Phi) is 4.62. The number of carbonyl (C=O) groups excluding carboxylic acids is 1. The molecule has 1 aliphatic rings. The summed E-state index contributed by atoms with van der Waals surface area (Å²) < 4.78 is 36.9. The van der Waals surface area contributed by atoms with Crippen molar-refractivity contribution < 1.29 is 17.1 Å². The molecule has 1 aromatic carbocycles. The summed E-state index contributed by atoms with van der Waals surface area (Å²) in [5, 5.41) is 13.5. The molecule has 1 unspecified atom stereocenters. The van der Waals surface area contributed by atoms with Crippen molar-refractivity contribution in [1.29, 1.82) is 5.26 Å². The average Bonchev–Trinajstić information content (AvgIpc) is 3.09. The first-order chi connectivity index (χ1) is 11.8. The van der Waals surface area contributed by atoms with E-state index in [4.69, 9.17) is 0 Å². The van der Waals surface area contributed by atoms with Gasteiger partial charge in [-0.15, -0.1) is 3.89 Å². The molecular weight excluding hydrogens is 415 g/mol. The Hall–Kier alpha value is -2.25. The Balaban J connectivity index is 1.99. The van der Waals surface area contributed by atoms with E-state index in [1.54, 1.807) is 24.3 Å². The number of amides is 1. The van der Waals surface area contributed by atoms with Gasteiger partial charge >= 0.3 is 10.2 Å². The molecule has 0 spiro atoms. The molecule has 10 heteroatoms. The van der Waals surface area contributed by atoms with Crippen molar-refractivity contribution in [3.8, 4) is 11.8 Å². The first-order valence-corrected chi connectivity index (χ1v) is 9.60. The smallest absolute Gasteiger partial charge is 0.295 e. The van der Waals surface area contributed by atoms with Crippen molar-refractivity contribution in [3.05, 3.63) is 40.5 Å². The maximum absolute atomic E-state index is 12.9. The van der Waals surface area contributed by atoms with Crippen LogP contribution in [-0.4, -0.2) is 36.4 Å². The van der Waals surface area contributed by atoms with Gasteiger partial charge in [-0.05, 0) is 24.3 Å². The lowest BCUT2D eigenvalue weighted by Crippen LogP contribution is -2.28. The largest absolute Gasteiger partial charge is 0.302 e. The lowest BCUT2D eigenvalue weighted by Gasteiger charge is -2.18. The Morgan fingerprint density at radius 3 is 2.64 bits per heavy atom. The number of hydrogen-bond acceptors (Lipinski definition) is 5. The quantitative estimate of drug-likeness (QED) is 0.697. The van der Waals surface area contributed by atoms with E-state index in [0.717, 1.165) is 4.47 Å². The van der Waals surface area contributed by atoms with Crippen LogP contribution in [0.15, 0.2) is 34.9 Å². The molecule has 2 aromatic rings. The first-order valence-electron chi connectivity index (χ1n) is 7.25. The molecule has 3 rings (SSSR count). The highest BCUT2D eigenvalue weighted by Crippen LogP contribution is 2.31. The zero-order valence-electron chi connectivity index (χ0n) is 12.8. The molecule has 1 aromatic heterocycles. The van der Waals surface area contributed by atoms with Crippen molar-refractivity contribution >= 4 is 37.9 Å². The highest BCUT2D eigenvalue weighted by molar-refractivity contribution is 9.10. The summed E-state index contributed by atoms with van der Waals surface area (Å²) in [5.74, 6) is -1.50. The minimum atomic E-state index is -4.68. The van der Waals surface area contributed by atoms with E-state index in [1.165, 1.54) is 15.8 Å². The van der Waals surface area contributed by atoms with Crippen LogP contribution in [-0.2, 0) is 15.0 Å². The van der Waals surface area contributed by atoms with Crippen LogP contribution in [0, 0.1) is 17.2 Å². The van der Waals surface area contributed by atoms with Crippen LogP contribution in [0.1, 0.15) is 12.0 Å². The van der Waals surface area contributed by atoms with Gasteiger partial charge in [-0.2, -0.15) is 18.8 Å². The van der Waals surface area contributed by atoms with Crippen LogP contribution in [0.4, 0.5) is 9.70 Å². The third kappa shape index (κ3) is 3.72. The molecule has 1 atom stereocenters. The summed E-state index contributed by atoms with van der Waals surface area (Å²) in [6.07, 6.45) is 1.24. The molecule has 1 aliphatic heterocycles. The number of benzene rings is 1. The van der Waals surface area contributed by atoms with E-state index in [-0.39, 0.29) is 30.3 Å². The molecule has 0 bridgehead atoms. The van der Waals surface area contributed by atoms with Gasteiger partial charge in [0.05, 0.1) is 17.6 Å². The zero-order valence-corrected chi connectivity index (χ0v) is 15.2. The fourth-order valence-corrected chi connectivity index (χ4v) is 3.88. The highest BCUT2D eigenvalue weighted by Gasteiger charge is 2.36. The van der Waals surface area contributed by atoms with Gasteiger partial charge in [0.2, 0.25) is 5.91 Å². The van der Waals surface area contributed by atoms with E-state index in [2.05, 4.69) is 21.0 Å². The van der Waals surface area contributed by atoms with Gasteiger partial charge in [0.25, 0.3) is 0 Å². The number of nitriles is 1. The van der Waals surface area contributed by atoms with E-state index < -0.39 is 21.9 Å². The van der Waals surface area contributed by atoms with Crippen LogP contribution in [0.3, 0.4) is 0 Å². The second kappa shape index (κ2) is 6.57. The molecule has 25 heavy (non-hydrogen) atoms. The van der Waals surface area contributed by atoms with Gasteiger partial charge in [0.15, 0.2) is 5.82 Å². The summed E-state index contributed by atoms with van der Waals surface area (Å²) in [5.41, 5.74) is 0.814. The van der Waals surface area contributed by atoms with Crippen LogP contribution < -0.4 is 4.90 Å². The molecule has 1 amide bonds. The molecule has 0 N–H and O–H groups in total. The number of nitrogens with zero attached hydrogens (tertiary/aromatic N) is 4. The van der Waals surface area contributed by atoms with Gasteiger partial charge in [-0.3, -0.25) is 9.69 Å². The van der Waals surface area contributed by atoms with Gasteiger partial charge in [0, 0.05) is 23.4 Å². The summed E-state index contributed by atoms with van der Waals surface area (Å²) in [6.45, 7) is 0.0128. The monoisotopic (exact) mass is 426 g/mol. The third-order valence-corrected chi connectivity index (χ3v) is 5.23. The van der Waals surface area contributed by atoms with E-state index in [9.17, 15) is 22.4 Å². The minimum absolute atomic E-state index is 0.0128. The standard InChI is InChI=1S/C15H12BrFN4O3S/c16-12-1-3-13(4-2-12)21-15(11(6-18)7-19-21)20-8-10(5-14(20)22)9-25(17,23)24/h1-4,7,10H,5,8-9H2. The SMILES string of the molecule is N#Cc1cnn(-c2ccc(Br)cc2)c1N1CC(CS(=O)(=O)F)CC1=O. The summed E-state index contributed by atoms with van der Waals surface area (Å²) >= 11 is 3.33. The van der Waals surface area contributed by atoms with Crippen molar-refractivity contribution in [2.45, 2.75) is 6.42 Å². The Labute approximate surface area is 152 Å². The van der Waals surface area contributed by atoms with Crippen LogP contribution in [0.5, 0.6) is 0 Å². The molecule has 0 radical (unpaired) electrons. The molecular formula is C15H12BrFN4O3S. The van der Waals surface area contributed by atoms with Gasteiger partial charge < -0.3 is 0 Å². The molecule has 7 nitrogen and oxygen atoms in total. The predicted octanol–water partition coefficient (Wildman–Crippen LogP) is 2.16. The lowest BCUT2D eigenvalue weighted by molar-refractivity contribution is -0.117. The number of rotatable bonds is 4. The van der Waals surface area contributed by atoms with Crippen LogP contribution in [0.2, 0.25) is 0 Å². The maximum Gasteiger partial charge on any atom is 0.302 e. The number of aromatic nitrogens is 2. The molecule has 1 saturated heterocycles.